The second-order valence-electron chi connectivity index (χ2n) is 8.18. The van der Waals surface area contributed by atoms with Crippen LogP contribution in [0.3, 0.4) is 0 Å². The van der Waals surface area contributed by atoms with Crippen molar-refractivity contribution in [3.05, 3.63) is 40.2 Å². The fraction of sp³-hybridized carbons (Fsp3) is 0.571. The zero-order valence-electron chi connectivity index (χ0n) is 16.2. The van der Waals surface area contributed by atoms with Gasteiger partial charge in [0.25, 0.3) is 0 Å². The van der Waals surface area contributed by atoms with Crippen molar-refractivity contribution < 1.29 is 22.3 Å². The molecule has 1 saturated heterocycles. The van der Waals surface area contributed by atoms with Gasteiger partial charge in [-0.2, -0.15) is 0 Å². The van der Waals surface area contributed by atoms with Gasteiger partial charge >= 0.3 is 0 Å². The van der Waals surface area contributed by atoms with Crippen LogP contribution in [0.5, 0.6) is 5.75 Å². The highest BCUT2D eigenvalue weighted by atomic mass is 35.5. The highest BCUT2D eigenvalue weighted by Gasteiger charge is 2.33. The monoisotopic (exact) mass is 441 g/mol. The highest BCUT2D eigenvalue weighted by molar-refractivity contribution is 7.89. The number of carbonyl (C=O) groups excluding carboxylic acids is 1. The molecule has 2 fully saturated rings. The van der Waals surface area contributed by atoms with Crippen LogP contribution in [0.15, 0.2) is 23.2 Å². The number of rotatable bonds is 8. The number of sulfonamides is 1. The Kier molecular flexibility index (Phi) is 6.00. The van der Waals surface area contributed by atoms with E-state index in [1.54, 1.807) is 0 Å². The largest absolute Gasteiger partial charge is 0.493 e. The topological polar surface area (TPSA) is 63.7 Å². The zero-order chi connectivity index (χ0) is 20.6. The molecule has 0 aromatic heterocycles. The molecule has 5 nitrogen and oxygen atoms in total. The summed E-state index contributed by atoms with van der Waals surface area (Å²) in [6, 6.07) is 2.76. The van der Waals surface area contributed by atoms with Crippen molar-refractivity contribution in [1.82, 2.24) is 4.31 Å². The lowest BCUT2D eigenvalue weighted by molar-refractivity contribution is 0.101. The molecule has 0 N–H and O–H groups in total. The second kappa shape index (κ2) is 8.36. The minimum absolute atomic E-state index is 0.157. The Morgan fingerprint density at radius 1 is 1.24 bits per heavy atom. The SMILES string of the molecule is O=C(CS(=O)(=O)N1CCC1)c1cc(C2CC2)c(OCC2CC=C(Cl)CC2)cc1F. The number of benzene rings is 1. The molecule has 1 unspecified atom stereocenters. The molecule has 4 rings (SSSR count). The van der Waals surface area contributed by atoms with Crippen molar-refractivity contribution >= 4 is 27.4 Å². The maximum atomic E-state index is 14.7. The van der Waals surface area contributed by atoms with Crippen LogP contribution in [0.2, 0.25) is 0 Å². The van der Waals surface area contributed by atoms with Crippen LogP contribution in [0, 0.1) is 11.7 Å². The molecule has 1 atom stereocenters. The average molecular weight is 442 g/mol. The third kappa shape index (κ3) is 4.84. The number of allylic oxidation sites excluding steroid dienone is 2. The van der Waals surface area contributed by atoms with Crippen LogP contribution in [0.1, 0.15) is 60.4 Å². The van der Waals surface area contributed by atoms with E-state index in [-0.39, 0.29) is 11.5 Å². The van der Waals surface area contributed by atoms with E-state index in [4.69, 9.17) is 16.3 Å². The van der Waals surface area contributed by atoms with Gasteiger partial charge in [-0.3, -0.25) is 4.79 Å². The van der Waals surface area contributed by atoms with Gasteiger partial charge in [-0.15, -0.1) is 0 Å². The molecule has 2 aliphatic carbocycles. The number of halogens is 2. The number of Topliss-reactive ketones (excluding diaryl/α,β-unsaturated/α-hetero) is 1. The molecule has 1 aromatic rings. The molecule has 29 heavy (non-hydrogen) atoms. The summed E-state index contributed by atoms with van der Waals surface area (Å²) in [5, 5.41) is 0.877. The Labute approximate surface area is 175 Å². The molecular formula is C21H25ClFNO4S. The van der Waals surface area contributed by atoms with E-state index in [9.17, 15) is 17.6 Å². The number of nitrogens with zero attached hydrogens (tertiary/aromatic N) is 1. The molecule has 0 radical (unpaired) electrons. The summed E-state index contributed by atoms with van der Waals surface area (Å²) in [6.45, 7) is 1.33. The first-order chi connectivity index (χ1) is 13.8. The smallest absolute Gasteiger partial charge is 0.221 e. The van der Waals surface area contributed by atoms with Crippen molar-refractivity contribution in [1.29, 1.82) is 0 Å². The van der Waals surface area contributed by atoms with Crippen LogP contribution < -0.4 is 4.74 Å². The molecule has 0 bridgehead atoms. The van der Waals surface area contributed by atoms with Crippen LogP contribution in [0.4, 0.5) is 4.39 Å². The van der Waals surface area contributed by atoms with Crippen molar-refractivity contribution in [2.24, 2.45) is 5.92 Å². The summed E-state index contributed by atoms with van der Waals surface area (Å²) in [5.74, 6) is -1.08. The van der Waals surface area contributed by atoms with Gasteiger partial charge in [0, 0.05) is 24.2 Å². The zero-order valence-corrected chi connectivity index (χ0v) is 17.8. The molecule has 1 aliphatic heterocycles. The van der Waals surface area contributed by atoms with Gasteiger partial charge in [0.2, 0.25) is 10.0 Å². The normalized spacial score (nSPS) is 22.7. The standard InChI is InChI=1S/C21H25ClFNO4S/c22-16-6-2-14(3-7-16)12-28-21-11-19(23)18(10-17(21)15-4-5-15)20(25)13-29(26,27)24-8-1-9-24/h6,10-11,14-15H,1-5,7-9,12-13H2. The van der Waals surface area contributed by atoms with Crippen LogP contribution >= 0.6 is 11.6 Å². The predicted molar refractivity (Wildman–Crippen MR) is 109 cm³/mol. The van der Waals surface area contributed by atoms with Gasteiger partial charge in [-0.05, 0) is 62.0 Å². The van der Waals surface area contributed by atoms with Gasteiger partial charge in [0.15, 0.2) is 5.78 Å². The quantitative estimate of drug-likeness (QED) is 0.566. The van der Waals surface area contributed by atoms with E-state index in [0.29, 0.717) is 31.4 Å². The highest BCUT2D eigenvalue weighted by Crippen LogP contribution is 2.45. The van der Waals surface area contributed by atoms with Crippen molar-refractivity contribution in [3.8, 4) is 5.75 Å². The van der Waals surface area contributed by atoms with Crippen LogP contribution in [-0.2, 0) is 10.0 Å². The number of hydrogen-bond acceptors (Lipinski definition) is 4. The van der Waals surface area contributed by atoms with E-state index in [1.807, 2.05) is 6.08 Å². The Balaban J connectivity index is 1.49. The minimum Gasteiger partial charge on any atom is -0.493 e. The lowest BCUT2D eigenvalue weighted by Gasteiger charge is -2.29. The lowest BCUT2D eigenvalue weighted by atomic mass is 9.95. The Morgan fingerprint density at radius 2 is 2.00 bits per heavy atom. The summed E-state index contributed by atoms with van der Waals surface area (Å²) in [6.07, 6.45) is 7.32. The molecule has 0 spiro atoms. The summed E-state index contributed by atoms with van der Waals surface area (Å²) < 4.78 is 46.4. The lowest BCUT2D eigenvalue weighted by Crippen LogP contribution is -2.44. The maximum Gasteiger partial charge on any atom is 0.221 e. The van der Waals surface area contributed by atoms with Gasteiger partial charge < -0.3 is 4.74 Å². The molecule has 1 heterocycles. The molecule has 1 aromatic carbocycles. The molecule has 1 saturated carbocycles. The molecule has 158 valence electrons. The third-order valence-electron chi connectivity index (χ3n) is 5.88. The van der Waals surface area contributed by atoms with Gasteiger partial charge in [-0.1, -0.05) is 17.7 Å². The summed E-state index contributed by atoms with van der Waals surface area (Å²) in [4.78, 5) is 12.6. The van der Waals surface area contributed by atoms with Crippen LogP contribution in [-0.4, -0.2) is 44.0 Å². The number of carbonyl (C=O) groups is 1. The van der Waals surface area contributed by atoms with Crippen molar-refractivity contribution in [2.75, 3.05) is 25.4 Å². The summed E-state index contributed by atoms with van der Waals surface area (Å²) in [7, 11) is -3.67. The summed E-state index contributed by atoms with van der Waals surface area (Å²) in [5.41, 5.74) is 0.649. The number of ketones is 1. The Bertz CT molecular complexity index is 938. The average Bonchev–Trinajstić information content (AvgIpc) is 3.43. The first-order valence-corrected chi connectivity index (χ1v) is 12.1. The molecular weight excluding hydrogens is 417 g/mol. The Hall–Kier alpha value is -1.44. The number of hydrogen-bond donors (Lipinski definition) is 0. The van der Waals surface area contributed by atoms with Crippen molar-refractivity contribution in [2.45, 2.75) is 44.4 Å². The number of ether oxygens (including phenoxy) is 1. The van der Waals surface area contributed by atoms with E-state index in [2.05, 4.69) is 0 Å². The van der Waals surface area contributed by atoms with E-state index in [0.717, 1.165) is 49.1 Å². The fourth-order valence-corrected chi connectivity index (χ4v) is 5.42. The van der Waals surface area contributed by atoms with E-state index < -0.39 is 27.4 Å². The first kappa shape index (κ1) is 20.8. The molecule has 0 amide bonds. The summed E-state index contributed by atoms with van der Waals surface area (Å²) >= 11 is 6.01. The van der Waals surface area contributed by atoms with Crippen LogP contribution in [0.25, 0.3) is 0 Å². The van der Waals surface area contributed by atoms with Crippen molar-refractivity contribution in [3.63, 3.8) is 0 Å². The minimum atomic E-state index is -3.67. The Morgan fingerprint density at radius 3 is 2.59 bits per heavy atom. The molecule has 8 heteroatoms. The second-order valence-corrected chi connectivity index (χ2v) is 10.6. The van der Waals surface area contributed by atoms with Gasteiger partial charge in [-0.25, -0.2) is 17.1 Å². The third-order valence-corrected chi connectivity index (χ3v) is 8.00. The maximum absolute atomic E-state index is 14.7. The molecule has 3 aliphatic rings. The fourth-order valence-electron chi connectivity index (χ4n) is 3.74. The van der Waals surface area contributed by atoms with E-state index in [1.165, 1.54) is 16.4 Å². The predicted octanol–water partition coefficient (Wildman–Crippen LogP) is 4.22. The van der Waals surface area contributed by atoms with Gasteiger partial charge in [0.1, 0.15) is 17.3 Å². The first-order valence-electron chi connectivity index (χ1n) is 10.2. The van der Waals surface area contributed by atoms with E-state index >= 15 is 0 Å². The van der Waals surface area contributed by atoms with Gasteiger partial charge in [0.05, 0.1) is 12.2 Å².